The number of rotatable bonds is 2. The van der Waals surface area contributed by atoms with Crippen LogP contribution in [0, 0.1) is 6.92 Å². The van der Waals surface area contributed by atoms with E-state index in [1.54, 1.807) is 0 Å². The minimum atomic E-state index is -0.141. The molecule has 1 aromatic heterocycles. The van der Waals surface area contributed by atoms with Crippen molar-refractivity contribution in [3.8, 4) is 0 Å². The first kappa shape index (κ1) is 7.73. The van der Waals surface area contributed by atoms with Gasteiger partial charge in [-0.15, -0.1) is 5.10 Å². The van der Waals surface area contributed by atoms with E-state index in [0.717, 1.165) is 30.8 Å². The summed E-state index contributed by atoms with van der Waals surface area (Å²) in [5.41, 5.74) is 7.99. The molecule has 0 aliphatic heterocycles. The van der Waals surface area contributed by atoms with Crippen molar-refractivity contribution in [1.29, 1.82) is 0 Å². The zero-order valence-electron chi connectivity index (χ0n) is 7.54. The second-order valence-corrected chi connectivity index (χ2v) is 3.50. The molecule has 0 radical (unpaired) electrons. The van der Waals surface area contributed by atoms with E-state index in [1.807, 2.05) is 11.6 Å². The highest BCUT2D eigenvalue weighted by Crippen LogP contribution is 2.42. The highest BCUT2D eigenvalue weighted by atomic mass is 15.4. The monoisotopic (exact) mass is 166 g/mol. The van der Waals surface area contributed by atoms with Crippen LogP contribution in [0.2, 0.25) is 0 Å². The molecule has 12 heavy (non-hydrogen) atoms. The highest BCUT2D eigenvalue weighted by molar-refractivity contribution is 5.25. The van der Waals surface area contributed by atoms with E-state index < -0.39 is 0 Å². The van der Waals surface area contributed by atoms with Crippen LogP contribution in [0.3, 0.4) is 0 Å². The Bertz CT molecular complexity index is 298. The van der Waals surface area contributed by atoms with Gasteiger partial charge < -0.3 is 5.73 Å². The predicted octanol–water partition coefficient (Wildman–Crippen LogP) is 0.554. The van der Waals surface area contributed by atoms with Crippen LogP contribution in [0.5, 0.6) is 0 Å². The summed E-state index contributed by atoms with van der Waals surface area (Å²) in [7, 11) is 0. The second-order valence-electron chi connectivity index (χ2n) is 3.50. The minimum Gasteiger partial charge on any atom is -0.320 e. The first-order valence-electron chi connectivity index (χ1n) is 4.37. The molecule has 1 saturated carbocycles. The van der Waals surface area contributed by atoms with Crippen molar-refractivity contribution in [2.24, 2.45) is 5.73 Å². The van der Waals surface area contributed by atoms with E-state index in [4.69, 9.17) is 5.73 Å². The average molecular weight is 166 g/mol. The fourth-order valence-electron chi connectivity index (χ4n) is 1.49. The maximum absolute atomic E-state index is 6.02. The first-order chi connectivity index (χ1) is 5.67. The lowest BCUT2D eigenvalue weighted by atomic mass is 10.1. The van der Waals surface area contributed by atoms with E-state index >= 15 is 0 Å². The summed E-state index contributed by atoms with van der Waals surface area (Å²) in [6.07, 6.45) is 2.10. The molecule has 2 rings (SSSR count). The molecular weight excluding hydrogens is 152 g/mol. The Morgan fingerprint density at radius 2 is 2.25 bits per heavy atom. The second kappa shape index (κ2) is 2.29. The quantitative estimate of drug-likeness (QED) is 0.698. The molecule has 0 amide bonds. The molecule has 1 fully saturated rings. The molecule has 2 N–H and O–H groups in total. The van der Waals surface area contributed by atoms with Crippen LogP contribution >= 0.6 is 0 Å². The van der Waals surface area contributed by atoms with Gasteiger partial charge in [0.25, 0.3) is 0 Å². The van der Waals surface area contributed by atoms with E-state index in [9.17, 15) is 0 Å². The number of aromatic nitrogens is 3. The van der Waals surface area contributed by atoms with Gasteiger partial charge in [0, 0.05) is 6.54 Å². The molecule has 0 spiro atoms. The summed E-state index contributed by atoms with van der Waals surface area (Å²) < 4.78 is 1.89. The maximum Gasteiger partial charge on any atom is 0.105 e. The molecule has 1 aliphatic carbocycles. The zero-order chi connectivity index (χ0) is 8.77. The average Bonchev–Trinajstić information content (AvgIpc) is 2.65. The number of hydrogen-bond donors (Lipinski definition) is 1. The lowest BCUT2D eigenvalue weighted by Gasteiger charge is -2.05. The summed E-state index contributed by atoms with van der Waals surface area (Å²) >= 11 is 0. The third-order valence-corrected chi connectivity index (χ3v) is 2.54. The molecule has 4 nitrogen and oxygen atoms in total. The maximum atomic E-state index is 6.02. The molecule has 4 heteroatoms. The van der Waals surface area contributed by atoms with Gasteiger partial charge in [0.1, 0.15) is 5.69 Å². The Morgan fingerprint density at radius 1 is 1.58 bits per heavy atom. The van der Waals surface area contributed by atoms with Gasteiger partial charge in [-0.1, -0.05) is 5.21 Å². The van der Waals surface area contributed by atoms with Crippen LogP contribution in [-0.2, 0) is 12.1 Å². The molecular formula is C8H14N4. The van der Waals surface area contributed by atoms with Crippen LogP contribution in [0.25, 0.3) is 0 Å². The van der Waals surface area contributed by atoms with Crippen LogP contribution in [0.1, 0.15) is 31.2 Å². The molecule has 1 aliphatic rings. The van der Waals surface area contributed by atoms with E-state index in [1.165, 1.54) is 0 Å². The fourth-order valence-corrected chi connectivity index (χ4v) is 1.49. The van der Waals surface area contributed by atoms with Gasteiger partial charge in [-0.3, -0.25) is 0 Å². The molecule has 0 bridgehead atoms. The summed E-state index contributed by atoms with van der Waals surface area (Å²) in [6, 6.07) is 0. The van der Waals surface area contributed by atoms with Gasteiger partial charge in [0.05, 0.1) is 11.2 Å². The van der Waals surface area contributed by atoms with Crippen molar-refractivity contribution < 1.29 is 0 Å². The highest BCUT2D eigenvalue weighted by Gasteiger charge is 2.44. The Hall–Kier alpha value is -0.900. The summed E-state index contributed by atoms with van der Waals surface area (Å²) in [4.78, 5) is 0. The molecule has 1 aromatic rings. The summed E-state index contributed by atoms with van der Waals surface area (Å²) in [5, 5.41) is 8.14. The SMILES string of the molecule is CCn1nnc(C2(N)CC2)c1C. The van der Waals surface area contributed by atoms with Crippen LogP contribution in [0.15, 0.2) is 0 Å². The Labute approximate surface area is 71.8 Å². The Kier molecular flexibility index (Phi) is 1.48. The van der Waals surface area contributed by atoms with Crippen molar-refractivity contribution >= 4 is 0 Å². The molecule has 1 heterocycles. The van der Waals surface area contributed by atoms with E-state index in [-0.39, 0.29) is 5.54 Å². The van der Waals surface area contributed by atoms with Gasteiger partial charge in [0.15, 0.2) is 0 Å². The topological polar surface area (TPSA) is 56.7 Å². The van der Waals surface area contributed by atoms with Gasteiger partial charge in [-0.2, -0.15) is 0 Å². The van der Waals surface area contributed by atoms with Crippen molar-refractivity contribution in [3.05, 3.63) is 11.4 Å². The predicted molar refractivity (Wildman–Crippen MR) is 45.5 cm³/mol. The smallest absolute Gasteiger partial charge is 0.105 e. The number of aryl methyl sites for hydroxylation is 1. The van der Waals surface area contributed by atoms with Crippen molar-refractivity contribution in [2.45, 2.75) is 38.8 Å². The standard InChI is InChI=1S/C8H14N4/c1-3-12-6(2)7(10-11-12)8(9)4-5-8/h3-5,9H2,1-2H3. The number of nitrogens with zero attached hydrogens (tertiary/aromatic N) is 3. The summed E-state index contributed by atoms with van der Waals surface area (Å²) in [5.74, 6) is 0. The normalized spacial score (nSPS) is 19.6. The first-order valence-corrected chi connectivity index (χ1v) is 4.37. The largest absolute Gasteiger partial charge is 0.320 e. The third kappa shape index (κ3) is 0.948. The summed E-state index contributed by atoms with van der Waals surface area (Å²) in [6.45, 7) is 4.96. The van der Waals surface area contributed by atoms with Crippen molar-refractivity contribution in [3.63, 3.8) is 0 Å². The van der Waals surface area contributed by atoms with Gasteiger partial charge in [-0.25, -0.2) is 4.68 Å². The van der Waals surface area contributed by atoms with Crippen molar-refractivity contribution in [1.82, 2.24) is 15.0 Å². The molecule has 0 aromatic carbocycles. The van der Waals surface area contributed by atoms with Crippen molar-refractivity contribution in [2.75, 3.05) is 0 Å². The fraction of sp³-hybridized carbons (Fsp3) is 0.750. The van der Waals surface area contributed by atoms with Gasteiger partial charge >= 0.3 is 0 Å². The molecule has 0 atom stereocenters. The van der Waals surface area contributed by atoms with Crippen LogP contribution in [0.4, 0.5) is 0 Å². The third-order valence-electron chi connectivity index (χ3n) is 2.54. The number of hydrogen-bond acceptors (Lipinski definition) is 3. The zero-order valence-corrected chi connectivity index (χ0v) is 7.54. The molecule has 66 valence electrons. The van der Waals surface area contributed by atoms with E-state index in [0.29, 0.717) is 0 Å². The Balaban J connectivity index is 2.39. The van der Waals surface area contributed by atoms with E-state index in [2.05, 4.69) is 17.2 Å². The van der Waals surface area contributed by atoms with Crippen LogP contribution < -0.4 is 5.73 Å². The van der Waals surface area contributed by atoms with Gasteiger partial charge in [-0.05, 0) is 26.7 Å². The minimum absolute atomic E-state index is 0.141. The Morgan fingerprint density at radius 3 is 2.67 bits per heavy atom. The molecule has 0 unspecified atom stereocenters. The molecule has 0 saturated heterocycles. The lowest BCUT2D eigenvalue weighted by molar-refractivity contribution is 0.611. The van der Waals surface area contributed by atoms with Gasteiger partial charge in [0.2, 0.25) is 0 Å². The number of nitrogens with two attached hydrogens (primary N) is 1. The van der Waals surface area contributed by atoms with Crippen LogP contribution in [-0.4, -0.2) is 15.0 Å². The lowest BCUT2D eigenvalue weighted by Crippen LogP contribution is -2.20.